The Morgan fingerprint density at radius 2 is 1.61 bits per heavy atom. The van der Waals surface area contributed by atoms with E-state index in [2.05, 4.69) is 0 Å². The lowest BCUT2D eigenvalue weighted by Crippen LogP contribution is -1.96. The molecule has 2 nitrogen and oxygen atoms in total. The van der Waals surface area contributed by atoms with Crippen molar-refractivity contribution >= 4 is 10.8 Å². The maximum atomic E-state index is 12.2. The molecule has 0 aliphatic carbocycles. The van der Waals surface area contributed by atoms with E-state index in [1.54, 1.807) is 7.11 Å². The fraction of sp³-hybridized carbons (Fsp3) is 0.200. The summed E-state index contributed by atoms with van der Waals surface area (Å²) in [6, 6.07) is 15.5. The number of rotatable bonds is 4. The van der Waals surface area contributed by atoms with E-state index in [0.29, 0.717) is 5.75 Å². The molecule has 1 atom stereocenters. The highest BCUT2D eigenvalue weighted by Crippen LogP contribution is 2.16. The molecule has 2 rings (SSSR count). The number of ether oxygens (including phenoxy) is 1. The largest absolute Gasteiger partial charge is 0.497 e. The van der Waals surface area contributed by atoms with Gasteiger partial charge in [0.1, 0.15) is 5.75 Å². The van der Waals surface area contributed by atoms with E-state index >= 15 is 0 Å². The quantitative estimate of drug-likeness (QED) is 0.843. The maximum absolute atomic E-state index is 12.2. The van der Waals surface area contributed by atoms with Gasteiger partial charge in [-0.05, 0) is 36.8 Å². The molecule has 0 bridgehead atoms. The topological polar surface area (TPSA) is 26.3 Å². The van der Waals surface area contributed by atoms with E-state index in [9.17, 15) is 4.21 Å². The molecule has 0 aliphatic rings. The van der Waals surface area contributed by atoms with Crippen LogP contribution in [0.5, 0.6) is 5.75 Å². The molecular weight excluding hydrogens is 244 g/mol. The Balaban J connectivity index is 2.08. The van der Waals surface area contributed by atoms with Gasteiger partial charge in [-0.2, -0.15) is 0 Å². The van der Waals surface area contributed by atoms with Gasteiger partial charge in [0.2, 0.25) is 0 Å². The van der Waals surface area contributed by atoms with Crippen molar-refractivity contribution in [2.24, 2.45) is 0 Å². The molecule has 0 saturated carbocycles. The number of hydrogen-bond acceptors (Lipinski definition) is 2. The van der Waals surface area contributed by atoms with Crippen LogP contribution in [0, 0.1) is 6.92 Å². The summed E-state index contributed by atoms with van der Waals surface area (Å²) < 4.78 is 17.3. The first kappa shape index (κ1) is 12.8. The molecule has 2 aromatic rings. The minimum absolute atomic E-state index is 0.535. The summed E-state index contributed by atoms with van der Waals surface area (Å²) in [6.07, 6.45) is 0. The van der Waals surface area contributed by atoms with Crippen LogP contribution in [0.3, 0.4) is 0 Å². The predicted molar refractivity (Wildman–Crippen MR) is 74.3 cm³/mol. The average molecular weight is 260 g/mol. The van der Waals surface area contributed by atoms with Crippen LogP contribution in [-0.2, 0) is 16.6 Å². The van der Waals surface area contributed by atoms with Crippen LogP contribution in [-0.4, -0.2) is 11.3 Å². The first-order valence-corrected chi connectivity index (χ1v) is 7.09. The third-order valence-electron chi connectivity index (χ3n) is 2.74. The molecule has 0 spiro atoms. The normalized spacial score (nSPS) is 12.1. The Morgan fingerprint density at radius 1 is 1.00 bits per heavy atom. The zero-order valence-corrected chi connectivity index (χ0v) is 11.4. The predicted octanol–water partition coefficient (Wildman–Crippen LogP) is 3.31. The second-order valence-corrected chi connectivity index (χ2v) is 5.60. The molecule has 3 heteroatoms. The molecule has 0 amide bonds. The van der Waals surface area contributed by atoms with Crippen molar-refractivity contribution in [3.8, 4) is 5.75 Å². The van der Waals surface area contributed by atoms with Crippen molar-refractivity contribution in [1.82, 2.24) is 0 Å². The Bertz CT molecular complexity index is 529. The molecule has 0 aliphatic heterocycles. The first-order chi connectivity index (χ1) is 8.69. The zero-order valence-electron chi connectivity index (χ0n) is 10.6. The number of aryl methyl sites for hydroxylation is 1. The fourth-order valence-corrected chi connectivity index (χ4v) is 2.75. The number of benzene rings is 2. The van der Waals surface area contributed by atoms with Crippen LogP contribution in [0.25, 0.3) is 0 Å². The van der Waals surface area contributed by atoms with Crippen LogP contribution >= 0.6 is 0 Å². The summed E-state index contributed by atoms with van der Waals surface area (Å²) in [6.45, 7) is 2.02. The van der Waals surface area contributed by atoms with Crippen LogP contribution in [0.2, 0.25) is 0 Å². The molecule has 0 fully saturated rings. The Labute approximate surface area is 110 Å². The fourth-order valence-electron chi connectivity index (χ4n) is 1.65. The van der Waals surface area contributed by atoms with Gasteiger partial charge in [-0.3, -0.25) is 4.21 Å². The summed E-state index contributed by atoms with van der Waals surface area (Å²) in [5.41, 5.74) is 2.23. The van der Waals surface area contributed by atoms with Crippen molar-refractivity contribution in [1.29, 1.82) is 0 Å². The third kappa shape index (κ3) is 3.20. The molecule has 94 valence electrons. The average Bonchev–Trinajstić information content (AvgIpc) is 2.40. The van der Waals surface area contributed by atoms with Crippen LogP contribution in [0.15, 0.2) is 53.4 Å². The van der Waals surface area contributed by atoms with Gasteiger partial charge in [0.15, 0.2) is 0 Å². The van der Waals surface area contributed by atoms with Gasteiger partial charge in [-0.1, -0.05) is 29.8 Å². The minimum Gasteiger partial charge on any atom is -0.497 e. The minimum atomic E-state index is -0.992. The Morgan fingerprint density at radius 3 is 2.17 bits per heavy atom. The lowest BCUT2D eigenvalue weighted by molar-refractivity contribution is 0.414. The van der Waals surface area contributed by atoms with Gasteiger partial charge in [-0.15, -0.1) is 0 Å². The van der Waals surface area contributed by atoms with Crippen LogP contribution < -0.4 is 4.74 Å². The summed E-state index contributed by atoms with van der Waals surface area (Å²) >= 11 is 0. The monoisotopic (exact) mass is 260 g/mol. The van der Waals surface area contributed by atoms with E-state index in [1.807, 2.05) is 55.5 Å². The molecule has 0 saturated heterocycles. The van der Waals surface area contributed by atoms with Gasteiger partial charge in [0.25, 0.3) is 0 Å². The van der Waals surface area contributed by atoms with Gasteiger partial charge in [-0.25, -0.2) is 0 Å². The summed E-state index contributed by atoms with van der Waals surface area (Å²) in [7, 11) is 0.646. The molecular formula is C15H16O2S. The maximum Gasteiger partial charge on any atom is 0.118 e. The Kier molecular flexibility index (Phi) is 4.15. The summed E-state index contributed by atoms with van der Waals surface area (Å²) in [5, 5.41) is 0. The highest BCUT2D eigenvalue weighted by Gasteiger charge is 2.05. The van der Waals surface area contributed by atoms with Gasteiger partial charge in [0, 0.05) is 4.90 Å². The molecule has 18 heavy (non-hydrogen) atoms. The van der Waals surface area contributed by atoms with E-state index in [1.165, 1.54) is 5.56 Å². The van der Waals surface area contributed by atoms with Gasteiger partial charge in [0.05, 0.1) is 23.7 Å². The Hall–Kier alpha value is -1.61. The summed E-state index contributed by atoms with van der Waals surface area (Å²) in [5.74, 6) is 1.35. The highest BCUT2D eigenvalue weighted by molar-refractivity contribution is 7.84. The van der Waals surface area contributed by atoms with E-state index in [4.69, 9.17) is 4.74 Å². The SMILES string of the molecule is COc1ccc(C[S@](=O)c2ccc(C)cc2)cc1. The zero-order chi connectivity index (χ0) is 13.0. The third-order valence-corrected chi connectivity index (χ3v) is 4.13. The second kappa shape index (κ2) is 5.83. The number of methoxy groups -OCH3 is 1. The van der Waals surface area contributed by atoms with E-state index in [0.717, 1.165) is 16.2 Å². The first-order valence-electron chi connectivity index (χ1n) is 5.77. The van der Waals surface area contributed by atoms with E-state index < -0.39 is 10.8 Å². The van der Waals surface area contributed by atoms with Gasteiger partial charge >= 0.3 is 0 Å². The molecule has 0 heterocycles. The van der Waals surface area contributed by atoms with Crippen molar-refractivity contribution in [3.05, 3.63) is 59.7 Å². The van der Waals surface area contributed by atoms with Crippen LogP contribution in [0.4, 0.5) is 0 Å². The summed E-state index contributed by atoms with van der Waals surface area (Å²) in [4.78, 5) is 0.872. The lowest BCUT2D eigenvalue weighted by Gasteiger charge is -2.04. The molecule has 0 aromatic heterocycles. The molecule has 0 unspecified atom stereocenters. The molecule has 0 radical (unpaired) electrons. The second-order valence-electron chi connectivity index (χ2n) is 4.15. The lowest BCUT2D eigenvalue weighted by atomic mass is 10.2. The van der Waals surface area contributed by atoms with Crippen LogP contribution in [0.1, 0.15) is 11.1 Å². The number of hydrogen-bond donors (Lipinski definition) is 0. The van der Waals surface area contributed by atoms with E-state index in [-0.39, 0.29) is 0 Å². The van der Waals surface area contributed by atoms with Crippen molar-refractivity contribution in [3.63, 3.8) is 0 Å². The van der Waals surface area contributed by atoms with Crippen molar-refractivity contribution in [2.45, 2.75) is 17.6 Å². The molecule has 0 N–H and O–H groups in total. The standard InChI is InChI=1S/C15H16O2S/c1-12-3-9-15(10-4-12)18(16)11-13-5-7-14(17-2)8-6-13/h3-10H,11H2,1-2H3/t18-/m0/s1. The van der Waals surface area contributed by atoms with Crippen molar-refractivity contribution < 1.29 is 8.95 Å². The highest BCUT2D eigenvalue weighted by atomic mass is 32.2. The van der Waals surface area contributed by atoms with Crippen molar-refractivity contribution in [2.75, 3.05) is 7.11 Å². The molecule has 2 aromatic carbocycles. The van der Waals surface area contributed by atoms with Gasteiger partial charge < -0.3 is 4.74 Å². The smallest absolute Gasteiger partial charge is 0.118 e.